The minimum absolute atomic E-state index is 0. The molecule has 150 valence electrons. The van der Waals surface area contributed by atoms with Crippen molar-refractivity contribution >= 4 is 18.0 Å². The molecule has 0 aromatic heterocycles. The number of rotatable bonds is 4. The number of fused-ring (bicyclic) bond motifs is 1. The van der Waals surface area contributed by atoms with E-state index in [0.717, 1.165) is 35.4 Å². The fourth-order valence-electron chi connectivity index (χ4n) is 5.77. The van der Waals surface area contributed by atoms with E-state index in [1.165, 1.54) is 82.3 Å². The maximum absolute atomic E-state index is 11.4. The summed E-state index contributed by atoms with van der Waals surface area (Å²) in [6, 6.07) is 5.12. The van der Waals surface area contributed by atoms with Crippen molar-refractivity contribution in [1.82, 2.24) is 0 Å². The van der Waals surface area contributed by atoms with Crippen LogP contribution in [0.5, 0.6) is 0 Å². The topological polar surface area (TPSA) is 57.2 Å². The van der Waals surface area contributed by atoms with Crippen LogP contribution in [-0.2, 0) is 23.0 Å². The Kier molecular flexibility index (Phi) is 8.50. The van der Waals surface area contributed by atoms with Gasteiger partial charge in [-0.15, -0.1) is 0 Å². The second-order valence-electron chi connectivity index (χ2n) is 8.81. The molecule has 3 aliphatic carbocycles. The van der Waals surface area contributed by atoms with E-state index >= 15 is 0 Å². The third-order valence-corrected chi connectivity index (χ3v) is 11.9. The van der Waals surface area contributed by atoms with Crippen molar-refractivity contribution in [2.75, 3.05) is 0 Å². The van der Waals surface area contributed by atoms with Gasteiger partial charge in [-0.1, -0.05) is 52.5 Å². The quantitative estimate of drug-likeness (QED) is 0.419. The van der Waals surface area contributed by atoms with Crippen LogP contribution in [0.2, 0.25) is 0 Å². The Morgan fingerprint density at radius 2 is 1.36 bits per heavy atom. The first-order valence-electron chi connectivity index (χ1n) is 10.9. The fourth-order valence-corrected chi connectivity index (χ4v) is 10.8. The van der Waals surface area contributed by atoms with Gasteiger partial charge in [-0.3, -0.25) is 0 Å². The molecule has 0 spiro atoms. The van der Waals surface area contributed by atoms with Crippen molar-refractivity contribution < 1.29 is 42.5 Å². The van der Waals surface area contributed by atoms with Gasteiger partial charge in [-0.25, -0.2) is 8.42 Å². The van der Waals surface area contributed by atoms with Gasteiger partial charge in [0.2, 0.25) is 0 Å². The van der Waals surface area contributed by atoms with E-state index in [9.17, 15) is 13.0 Å². The van der Waals surface area contributed by atoms with Gasteiger partial charge in [-0.05, 0) is 85.2 Å². The first-order valence-corrected chi connectivity index (χ1v) is 13.8. The Labute approximate surface area is 194 Å². The van der Waals surface area contributed by atoms with Crippen LogP contribution in [0, 0.1) is 0 Å². The van der Waals surface area contributed by atoms with Crippen molar-refractivity contribution in [2.45, 2.75) is 105 Å². The molecule has 4 rings (SSSR count). The monoisotopic (exact) mass is 430 g/mol. The number of hydrogen-bond acceptors (Lipinski definition) is 3. The van der Waals surface area contributed by atoms with Crippen molar-refractivity contribution in [3.05, 3.63) is 29.3 Å². The van der Waals surface area contributed by atoms with Crippen LogP contribution in [0.25, 0.3) is 0 Å². The Morgan fingerprint density at radius 3 is 1.89 bits per heavy atom. The summed E-state index contributed by atoms with van der Waals surface area (Å²) in [5.74, 6) is 0. The first kappa shape index (κ1) is 23.2. The molecule has 6 heteroatoms. The zero-order chi connectivity index (χ0) is 18.9. The molecule has 0 saturated heterocycles. The van der Waals surface area contributed by atoms with Crippen molar-refractivity contribution in [3.63, 3.8) is 0 Å². The predicted molar refractivity (Wildman–Crippen MR) is 111 cm³/mol. The maximum atomic E-state index is 11.4. The van der Waals surface area contributed by atoms with Gasteiger partial charge >= 0.3 is 29.6 Å². The Hall–Kier alpha value is 0.560. The van der Waals surface area contributed by atoms with Gasteiger partial charge in [0.05, 0.1) is 4.90 Å². The minimum atomic E-state index is -4.35. The summed E-state index contributed by atoms with van der Waals surface area (Å²) >= 11 is 0. The van der Waals surface area contributed by atoms with Gasteiger partial charge in [0, 0.05) is 0 Å². The molecule has 3 nitrogen and oxygen atoms in total. The summed E-state index contributed by atoms with van der Waals surface area (Å²) in [7, 11) is -4.30. The van der Waals surface area contributed by atoms with Crippen LogP contribution < -0.4 is 29.6 Å². The maximum Gasteiger partial charge on any atom is 1.00 e. The summed E-state index contributed by atoms with van der Waals surface area (Å²) in [4.78, 5) is -0.0541. The van der Waals surface area contributed by atoms with E-state index in [1.807, 2.05) is 6.07 Å². The van der Waals surface area contributed by atoms with Crippen LogP contribution in [0.4, 0.5) is 0 Å². The van der Waals surface area contributed by atoms with Crippen molar-refractivity contribution in [1.29, 1.82) is 0 Å². The molecule has 0 N–H and O–H groups in total. The zero-order valence-corrected chi connectivity index (χ0v) is 20.9. The second kappa shape index (κ2) is 10.2. The summed E-state index contributed by atoms with van der Waals surface area (Å²) in [6.07, 6.45) is 17.5. The van der Waals surface area contributed by atoms with E-state index in [1.54, 1.807) is 6.07 Å². The molecule has 2 fully saturated rings. The molecule has 1 aromatic rings. The van der Waals surface area contributed by atoms with Crippen LogP contribution in [-0.4, -0.2) is 29.9 Å². The molecule has 0 aliphatic heterocycles. The molecule has 0 radical (unpaired) electrons. The van der Waals surface area contributed by atoms with Gasteiger partial charge < -0.3 is 4.55 Å². The van der Waals surface area contributed by atoms with Crippen LogP contribution in [0.15, 0.2) is 23.1 Å². The molecule has 28 heavy (non-hydrogen) atoms. The van der Waals surface area contributed by atoms with E-state index in [-0.39, 0.29) is 42.4 Å². The second-order valence-corrected chi connectivity index (χ2v) is 13.3. The third kappa shape index (κ3) is 5.42. The smallest absolute Gasteiger partial charge is 0.744 e. The average molecular weight is 431 g/mol. The van der Waals surface area contributed by atoms with Gasteiger partial charge in [0.1, 0.15) is 10.1 Å². The standard InChI is InChI=1S/C22H33O3PS.Na/c23-27(24,25)22-14-12-17-15-21(13-11-18(17)16-22)26(19-7-3-1-4-8-19)20-9-5-2-6-10-20;/h12,14,16,19-21H,1-11,13,15H2,(H,23,24,25);/q;+1/p-1. The number of hydrogen-bond donors (Lipinski definition) is 0. The van der Waals surface area contributed by atoms with Gasteiger partial charge in [-0.2, -0.15) is 0 Å². The molecule has 1 aromatic carbocycles. The van der Waals surface area contributed by atoms with E-state index in [0.29, 0.717) is 0 Å². The molecular formula is C22H32NaO3PS. The molecule has 0 heterocycles. The SMILES string of the molecule is O=S(=O)([O-])c1ccc2c(c1)CCC(P(C1CCCCC1)C1CCCCC1)C2.[Na+]. The Balaban J connectivity index is 0.00000225. The van der Waals surface area contributed by atoms with E-state index in [2.05, 4.69) is 0 Å². The molecular weight excluding hydrogens is 398 g/mol. The Morgan fingerprint density at radius 1 is 0.786 bits per heavy atom. The molecule has 0 bridgehead atoms. The predicted octanol–water partition coefficient (Wildman–Crippen LogP) is 2.60. The van der Waals surface area contributed by atoms with Crippen LogP contribution in [0.1, 0.15) is 81.8 Å². The van der Waals surface area contributed by atoms with Gasteiger partial charge in [0.25, 0.3) is 0 Å². The molecule has 0 amide bonds. The van der Waals surface area contributed by atoms with Crippen LogP contribution >= 0.6 is 7.92 Å². The van der Waals surface area contributed by atoms with Crippen LogP contribution in [0.3, 0.4) is 0 Å². The molecule has 2 saturated carbocycles. The summed E-state index contributed by atoms with van der Waals surface area (Å²) < 4.78 is 34.1. The zero-order valence-electron chi connectivity index (χ0n) is 17.2. The fraction of sp³-hybridized carbons (Fsp3) is 0.727. The third-order valence-electron chi connectivity index (χ3n) is 7.08. The minimum Gasteiger partial charge on any atom is -0.744 e. The van der Waals surface area contributed by atoms with Crippen molar-refractivity contribution in [3.8, 4) is 0 Å². The summed E-state index contributed by atoms with van der Waals surface area (Å²) in [5, 5.41) is 0. The normalized spacial score (nSPS) is 24.6. The molecule has 1 atom stereocenters. The summed E-state index contributed by atoms with van der Waals surface area (Å²) in [6.45, 7) is 0. The molecule has 1 unspecified atom stereocenters. The Bertz CT molecular complexity index is 737. The largest absolute Gasteiger partial charge is 1.00 e. The number of benzene rings is 1. The average Bonchev–Trinajstić information content (AvgIpc) is 2.69. The molecule has 3 aliphatic rings. The van der Waals surface area contributed by atoms with Crippen molar-refractivity contribution in [2.24, 2.45) is 0 Å². The summed E-state index contributed by atoms with van der Waals surface area (Å²) in [5.41, 5.74) is 5.13. The van der Waals surface area contributed by atoms with Gasteiger partial charge in [0.15, 0.2) is 0 Å². The van der Waals surface area contributed by atoms with E-state index < -0.39 is 10.1 Å². The first-order chi connectivity index (χ1) is 13.0. The van der Waals surface area contributed by atoms with E-state index in [4.69, 9.17) is 0 Å². The number of aryl methyl sites for hydroxylation is 1.